The summed E-state index contributed by atoms with van der Waals surface area (Å²) in [5.41, 5.74) is 2.92. The molecule has 2 N–H and O–H groups in total. The molecule has 0 radical (unpaired) electrons. The first-order valence-corrected chi connectivity index (χ1v) is 11.7. The zero-order valence-electron chi connectivity index (χ0n) is 19.3. The molecule has 1 saturated heterocycles. The summed E-state index contributed by atoms with van der Waals surface area (Å²) >= 11 is 0. The fourth-order valence-corrected chi connectivity index (χ4v) is 4.22. The van der Waals surface area contributed by atoms with Gasteiger partial charge in [0, 0.05) is 32.2 Å². The smallest absolute Gasteiger partial charge is 0.406 e. The molecule has 2 heterocycles. The van der Waals surface area contributed by atoms with Crippen molar-refractivity contribution < 1.29 is 19.1 Å². The van der Waals surface area contributed by atoms with Crippen molar-refractivity contribution in [1.82, 2.24) is 25.3 Å². The van der Waals surface area contributed by atoms with E-state index in [1.807, 2.05) is 34.7 Å². The highest BCUT2D eigenvalue weighted by molar-refractivity contribution is 5.82. The zero-order chi connectivity index (χ0) is 23.2. The SMILES string of the molecule is COC(=O)NCCCn1nc([C@@H](C)N(C(=O)[C@H]2CNCCO2)C2CC2)cc1-c1ccccc1. The molecule has 2 atom stereocenters. The molecule has 2 aliphatic rings. The number of aryl methyl sites for hydroxylation is 1. The molecule has 1 aromatic heterocycles. The van der Waals surface area contributed by atoms with E-state index < -0.39 is 12.2 Å². The number of benzene rings is 1. The van der Waals surface area contributed by atoms with E-state index >= 15 is 0 Å². The van der Waals surface area contributed by atoms with Crippen LogP contribution in [-0.4, -0.2) is 72.2 Å². The van der Waals surface area contributed by atoms with Crippen LogP contribution >= 0.6 is 0 Å². The third kappa shape index (κ3) is 5.72. The maximum Gasteiger partial charge on any atom is 0.406 e. The van der Waals surface area contributed by atoms with Gasteiger partial charge in [-0.15, -0.1) is 0 Å². The number of hydrogen-bond donors (Lipinski definition) is 2. The van der Waals surface area contributed by atoms with Crippen LogP contribution in [0.25, 0.3) is 11.3 Å². The highest BCUT2D eigenvalue weighted by Crippen LogP contribution is 2.36. The predicted octanol–water partition coefficient (Wildman–Crippen LogP) is 2.34. The van der Waals surface area contributed by atoms with E-state index in [4.69, 9.17) is 9.84 Å². The van der Waals surface area contributed by atoms with Crippen molar-refractivity contribution in [3.8, 4) is 11.3 Å². The Bertz CT molecular complexity index is 938. The summed E-state index contributed by atoms with van der Waals surface area (Å²) in [6, 6.07) is 12.3. The highest BCUT2D eigenvalue weighted by atomic mass is 16.5. The van der Waals surface area contributed by atoms with E-state index in [-0.39, 0.29) is 18.0 Å². The van der Waals surface area contributed by atoms with Crippen LogP contribution in [0.4, 0.5) is 4.79 Å². The normalized spacial score (nSPS) is 19.0. The number of amides is 2. The lowest BCUT2D eigenvalue weighted by Gasteiger charge is -2.33. The molecule has 1 saturated carbocycles. The average molecular weight is 456 g/mol. The van der Waals surface area contributed by atoms with Gasteiger partial charge in [-0.3, -0.25) is 9.48 Å². The summed E-state index contributed by atoms with van der Waals surface area (Å²) in [6.45, 7) is 5.05. The van der Waals surface area contributed by atoms with Crippen molar-refractivity contribution in [2.75, 3.05) is 33.4 Å². The number of carbonyl (C=O) groups is 2. The van der Waals surface area contributed by atoms with Gasteiger partial charge in [-0.2, -0.15) is 5.10 Å². The molecule has 1 aromatic carbocycles. The van der Waals surface area contributed by atoms with Gasteiger partial charge in [0.25, 0.3) is 5.91 Å². The lowest BCUT2D eigenvalue weighted by atomic mass is 10.1. The van der Waals surface area contributed by atoms with Gasteiger partial charge < -0.3 is 25.0 Å². The monoisotopic (exact) mass is 455 g/mol. The summed E-state index contributed by atoms with van der Waals surface area (Å²) in [4.78, 5) is 26.6. The molecule has 9 nitrogen and oxygen atoms in total. The molecule has 178 valence electrons. The molecule has 33 heavy (non-hydrogen) atoms. The van der Waals surface area contributed by atoms with E-state index in [0.717, 1.165) is 36.3 Å². The number of aromatic nitrogens is 2. The molecule has 4 rings (SSSR count). The number of morpholine rings is 1. The van der Waals surface area contributed by atoms with Gasteiger partial charge in [0.15, 0.2) is 0 Å². The summed E-state index contributed by atoms with van der Waals surface area (Å²) in [5.74, 6) is 0.0373. The molecule has 0 bridgehead atoms. The summed E-state index contributed by atoms with van der Waals surface area (Å²) in [6.07, 6.45) is 1.86. The van der Waals surface area contributed by atoms with Gasteiger partial charge in [0.05, 0.1) is 31.1 Å². The summed E-state index contributed by atoms with van der Waals surface area (Å²) in [7, 11) is 1.35. The van der Waals surface area contributed by atoms with E-state index in [9.17, 15) is 9.59 Å². The van der Waals surface area contributed by atoms with Crippen molar-refractivity contribution in [2.24, 2.45) is 0 Å². The maximum absolute atomic E-state index is 13.3. The number of nitrogens with zero attached hydrogens (tertiary/aromatic N) is 3. The van der Waals surface area contributed by atoms with E-state index in [1.165, 1.54) is 7.11 Å². The van der Waals surface area contributed by atoms with Crippen molar-refractivity contribution >= 4 is 12.0 Å². The molecular weight excluding hydrogens is 422 g/mol. The van der Waals surface area contributed by atoms with E-state index in [0.29, 0.717) is 32.7 Å². The number of rotatable bonds is 9. The standard InChI is InChI=1S/C24H33N5O4/c1-17(29(19-9-10-19)23(30)22-16-25-12-14-33-22)20-15-21(18-7-4-3-5-8-18)28(27-20)13-6-11-26-24(31)32-2/h3-5,7-8,15,17,19,22,25H,6,9-14,16H2,1-2H3,(H,26,31)/t17-,22-/m1/s1. The lowest BCUT2D eigenvalue weighted by Crippen LogP contribution is -2.50. The van der Waals surface area contributed by atoms with Crippen LogP contribution < -0.4 is 10.6 Å². The Balaban J connectivity index is 1.54. The van der Waals surface area contributed by atoms with Gasteiger partial charge in [-0.25, -0.2) is 4.79 Å². The fourth-order valence-electron chi connectivity index (χ4n) is 4.22. The van der Waals surface area contributed by atoms with Crippen LogP contribution in [0.15, 0.2) is 36.4 Å². The first kappa shape index (κ1) is 23.3. The molecule has 0 unspecified atom stereocenters. The molecular formula is C24H33N5O4. The molecule has 2 aromatic rings. The quantitative estimate of drug-likeness (QED) is 0.564. The van der Waals surface area contributed by atoms with Gasteiger partial charge in [0.1, 0.15) is 6.10 Å². The van der Waals surface area contributed by atoms with Gasteiger partial charge >= 0.3 is 6.09 Å². The van der Waals surface area contributed by atoms with Crippen LogP contribution in [0.1, 0.15) is 37.9 Å². The second kappa shape index (κ2) is 10.8. The molecule has 9 heteroatoms. The Morgan fingerprint density at radius 2 is 2.12 bits per heavy atom. The van der Waals surface area contributed by atoms with Gasteiger partial charge in [-0.1, -0.05) is 30.3 Å². The number of ether oxygens (including phenoxy) is 2. The Morgan fingerprint density at radius 1 is 1.33 bits per heavy atom. The number of methoxy groups -OCH3 is 1. The Hall–Kier alpha value is -2.91. The zero-order valence-corrected chi connectivity index (χ0v) is 19.3. The second-order valence-electron chi connectivity index (χ2n) is 8.53. The number of nitrogens with one attached hydrogen (secondary N) is 2. The summed E-state index contributed by atoms with van der Waals surface area (Å²) in [5, 5.41) is 10.9. The minimum absolute atomic E-state index is 0.0373. The number of alkyl carbamates (subject to hydrolysis) is 1. The topological polar surface area (TPSA) is 97.7 Å². The van der Waals surface area contributed by atoms with Crippen LogP contribution in [0.5, 0.6) is 0 Å². The maximum atomic E-state index is 13.3. The number of hydrogen-bond acceptors (Lipinski definition) is 6. The van der Waals surface area contributed by atoms with Crippen molar-refractivity contribution in [1.29, 1.82) is 0 Å². The molecule has 1 aliphatic heterocycles. The molecule has 0 spiro atoms. The Labute approximate surface area is 194 Å². The fraction of sp³-hybridized carbons (Fsp3) is 0.542. The predicted molar refractivity (Wildman–Crippen MR) is 124 cm³/mol. The Kier molecular flexibility index (Phi) is 7.61. The first-order chi connectivity index (χ1) is 16.1. The minimum Gasteiger partial charge on any atom is -0.453 e. The molecule has 1 aliphatic carbocycles. The van der Waals surface area contributed by atoms with Crippen molar-refractivity contribution in [3.05, 3.63) is 42.1 Å². The molecule has 2 fully saturated rings. The van der Waals surface area contributed by atoms with Crippen LogP contribution in [0, 0.1) is 0 Å². The largest absolute Gasteiger partial charge is 0.453 e. The third-order valence-corrected chi connectivity index (χ3v) is 6.11. The van der Waals surface area contributed by atoms with Crippen LogP contribution in [0.2, 0.25) is 0 Å². The van der Waals surface area contributed by atoms with Crippen LogP contribution in [-0.2, 0) is 20.8 Å². The van der Waals surface area contributed by atoms with Crippen molar-refractivity contribution in [2.45, 2.75) is 50.9 Å². The first-order valence-electron chi connectivity index (χ1n) is 11.7. The van der Waals surface area contributed by atoms with Crippen molar-refractivity contribution in [3.63, 3.8) is 0 Å². The van der Waals surface area contributed by atoms with Crippen LogP contribution in [0.3, 0.4) is 0 Å². The van der Waals surface area contributed by atoms with Gasteiger partial charge in [-0.05, 0) is 37.8 Å². The Morgan fingerprint density at radius 3 is 2.79 bits per heavy atom. The second-order valence-corrected chi connectivity index (χ2v) is 8.53. The van der Waals surface area contributed by atoms with E-state index in [2.05, 4.69) is 33.6 Å². The van der Waals surface area contributed by atoms with Gasteiger partial charge in [0.2, 0.25) is 0 Å². The summed E-state index contributed by atoms with van der Waals surface area (Å²) < 4.78 is 12.4. The highest BCUT2D eigenvalue weighted by Gasteiger charge is 2.40. The number of carbonyl (C=O) groups excluding carboxylic acids is 2. The van der Waals surface area contributed by atoms with E-state index in [1.54, 1.807) is 0 Å². The average Bonchev–Trinajstić information content (AvgIpc) is 3.60. The third-order valence-electron chi connectivity index (χ3n) is 6.11. The lowest BCUT2D eigenvalue weighted by molar-refractivity contribution is -0.148. The molecule has 2 amide bonds. The minimum atomic E-state index is -0.443.